The Bertz CT molecular complexity index is 1650. The van der Waals surface area contributed by atoms with Crippen molar-refractivity contribution < 1.29 is 31.8 Å². The molecular weight excluding hydrogens is 561 g/mol. The van der Waals surface area contributed by atoms with Crippen molar-refractivity contribution in [3.8, 4) is 22.8 Å². The fourth-order valence-corrected chi connectivity index (χ4v) is 3.96. The third-order valence-electron chi connectivity index (χ3n) is 5.71. The van der Waals surface area contributed by atoms with Crippen molar-refractivity contribution in [1.29, 1.82) is 0 Å². The lowest BCUT2D eigenvalue weighted by molar-refractivity contribution is -0.199. The van der Waals surface area contributed by atoms with Crippen LogP contribution >= 0.6 is 11.6 Å². The lowest BCUT2D eigenvalue weighted by atomic mass is 10.1. The van der Waals surface area contributed by atoms with Gasteiger partial charge >= 0.3 is 6.18 Å². The Balaban J connectivity index is 1.80. The lowest BCUT2D eigenvalue weighted by Gasteiger charge is -2.23. The predicted octanol–water partition coefficient (Wildman–Crippen LogP) is 5.54. The summed E-state index contributed by atoms with van der Waals surface area (Å²) in [5.74, 6) is -3.30. The highest BCUT2D eigenvalue weighted by atomic mass is 35.5. The van der Waals surface area contributed by atoms with Gasteiger partial charge in [-0.1, -0.05) is 11.6 Å². The first-order chi connectivity index (χ1) is 18.6. The van der Waals surface area contributed by atoms with Gasteiger partial charge in [0.05, 0.1) is 23.3 Å². The van der Waals surface area contributed by atoms with E-state index in [9.17, 15) is 31.9 Å². The van der Waals surface area contributed by atoms with Crippen LogP contribution in [0.15, 0.2) is 47.7 Å². The molecule has 1 atom stereocenters. The van der Waals surface area contributed by atoms with Gasteiger partial charge in [-0.05, 0) is 45.4 Å². The van der Waals surface area contributed by atoms with Crippen molar-refractivity contribution in [3.05, 3.63) is 92.6 Å². The summed E-state index contributed by atoms with van der Waals surface area (Å²) >= 11 is 6.18. The quantitative estimate of drug-likeness (QED) is 0.298. The first-order valence-electron chi connectivity index (χ1n) is 11.6. The fourth-order valence-electron chi connectivity index (χ4n) is 3.78. The molecule has 0 aliphatic carbocycles. The molecule has 1 N–H and O–H groups in total. The van der Waals surface area contributed by atoms with Crippen molar-refractivity contribution in [2.24, 2.45) is 0 Å². The van der Waals surface area contributed by atoms with E-state index in [0.717, 1.165) is 10.6 Å². The largest absolute Gasteiger partial charge is 0.473 e. The molecule has 8 nitrogen and oxygen atoms in total. The molecule has 210 valence electrons. The van der Waals surface area contributed by atoms with E-state index < -0.39 is 51.5 Å². The third kappa shape index (κ3) is 5.80. The van der Waals surface area contributed by atoms with Gasteiger partial charge in [-0.3, -0.25) is 19.3 Å². The van der Waals surface area contributed by atoms with E-state index in [1.165, 1.54) is 39.2 Å². The van der Waals surface area contributed by atoms with Gasteiger partial charge in [0.2, 0.25) is 6.10 Å². The number of halogens is 6. The van der Waals surface area contributed by atoms with Crippen LogP contribution in [-0.4, -0.2) is 35.8 Å². The van der Waals surface area contributed by atoms with E-state index in [1.54, 1.807) is 13.0 Å². The molecule has 4 rings (SSSR count). The number of hydrogen-bond acceptors (Lipinski definition) is 7. The molecule has 4 heterocycles. The number of nitrogens with zero attached hydrogens (tertiary/aromatic N) is 5. The minimum absolute atomic E-state index is 0.123. The summed E-state index contributed by atoms with van der Waals surface area (Å²) in [5, 5.41) is 9.53. The molecule has 0 aliphatic rings. The van der Waals surface area contributed by atoms with Crippen LogP contribution in [0.4, 0.5) is 22.0 Å². The fraction of sp³-hybridized carbons (Fsp3) is 0.269. The SMILES string of the molecule is Cc1cnc(-c2ccnc(C(C)(C)O)n2)cc1-n1c(C)cc(OC(c2ncc(F)cc2F)C(F)(F)F)c(Cl)c1=O. The third-order valence-corrected chi connectivity index (χ3v) is 6.06. The molecule has 14 heteroatoms. The molecular formula is C26H21ClF5N5O3. The molecule has 4 aromatic rings. The first kappa shape index (κ1) is 29.0. The molecule has 0 radical (unpaired) electrons. The molecule has 0 amide bonds. The summed E-state index contributed by atoms with van der Waals surface area (Å²) in [6.45, 7) is 6.11. The Kier molecular flexibility index (Phi) is 7.65. The summed E-state index contributed by atoms with van der Waals surface area (Å²) in [6, 6.07) is 4.39. The lowest BCUT2D eigenvalue weighted by Crippen LogP contribution is -2.30. The van der Waals surface area contributed by atoms with Crippen LogP contribution < -0.4 is 10.3 Å². The molecule has 0 saturated heterocycles. The average molecular weight is 582 g/mol. The van der Waals surface area contributed by atoms with Crippen LogP contribution in [0.2, 0.25) is 5.02 Å². The van der Waals surface area contributed by atoms with Crippen LogP contribution in [0.25, 0.3) is 17.1 Å². The number of aryl methyl sites for hydroxylation is 2. The normalized spacial score (nSPS) is 12.9. The van der Waals surface area contributed by atoms with Crippen LogP contribution in [0.3, 0.4) is 0 Å². The van der Waals surface area contributed by atoms with Gasteiger partial charge in [0.15, 0.2) is 11.6 Å². The zero-order valence-corrected chi connectivity index (χ0v) is 22.1. The van der Waals surface area contributed by atoms with Gasteiger partial charge in [0.25, 0.3) is 5.56 Å². The predicted molar refractivity (Wildman–Crippen MR) is 134 cm³/mol. The maximum atomic E-state index is 14.2. The number of rotatable bonds is 6. The van der Waals surface area contributed by atoms with Gasteiger partial charge in [-0.25, -0.2) is 18.7 Å². The summed E-state index contributed by atoms with van der Waals surface area (Å²) in [7, 11) is 0. The van der Waals surface area contributed by atoms with E-state index in [2.05, 4.69) is 19.9 Å². The summed E-state index contributed by atoms with van der Waals surface area (Å²) in [6.07, 6.45) is -4.85. The minimum atomic E-state index is -5.19. The van der Waals surface area contributed by atoms with Crippen molar-refractivity contribution in [1.82, 2.24) is 24.5 Å². The topological polar surface area (TPSA) is 103 Å². The van der Waals surface area contributed by atoms with Crippen molar-refractivity contribution >= 4 is 11.6 Å². The number of ether oxygens (including phenoxy) is 1. The van der Waals surface area contributed by atoms with E-state index in [1.807, 2.05) is 0 Å². The second kappa shape index (κ2) is 10.5. The number of alkyl halides is 3. The molecule has 0 aliphatic heterocycles. The second-order valence-electron chi connectivity index (χ2n) is 9.35. The van der Waals surface area contributed by atoms with Crippen molar-refractivity contribution in [3.63, 3.8) is 0 Å². The molecule has 0 spiro atoms. The molecule has 0 saturated carbocycles. The van der Waals surface area contributed by atoms with Crippen molar-refractivity contribution in [2.45, 2.75) is 45.6 Å². The smallest absolute Gasteiger partial charge is 0.431 e. The highest BCUT2D eigenvalue weighted by molar-refractivity contribution is 6.31. The van der Waals surface area contributed by atoms with Crippen LogP contribution in [-0.2, 0) is 5.60 Å². The Morgan fingerprint density at radius 1 is 1.02 bits per heavy atom. The second-order valence-corrected chi connectivity index (χ2v) is 9.72. The molecule has 40 heavy (non-hydrogen) atoms. The Morgan fingerprint density at radius 2 is 1.73 bits per heavy atom. The van der Waals surface area contributed by atoms with Gasteiger partial charge in [-0.15, -0.1) is 0 Å². The highest BCUT2D eigenvalue weighted by Crippen LogP contribution is 2.39. The zero-order chi connectivity index (χ0) is 29.6. The van der Waals surface area contributed by atoms with Crippen LogP contribution in [0.1, 0.15) is 42.7 Å². The maximum Gasteiger partial charge on any atom is 0.431 e. The van der Waals surface area contributed by atoms with Crippen LogP contribution in [0, 0.1) is 25.5 Å². The van der Waals surface area contributed by atoms with E-state index in [-0.39, 0.29) is 17.6 Å². The van der Waals surface area contributed by atoms with Crippen molar-refractivity contribution in [2.75, 3.05) is 0 Å². The average Bonchev–Trinajstić information content (AvgIpc) is 2.86. The van der Waals surface area contributed by atoms with E-state index in [4.69, 9.17) is 16.3 Å². The minimum Gasteiger partial charge on any atom is -0.473 e. The van der Waals surface area contributed by atoms with Gasteiger partial charge in [0.1, 0.15) is 27.9 Å². The van der Waals surface area contributed by atoms with Crippen LogP contribution in [0.5, 0.6) is 5.75 Å². The summed E-state index contributed by atoms with van der Waals surface area (Å²) < 4.78 is 75.0. The molecule has 0 fully saturated rings. The molecule has 0 bridgehead atoms. The Morgan fingerprint density at radius 3 is 2.35 bits per heavy atom. The highest BCUT2D eigenvalue weighted by Gasteiger charge is 2.46. The number of aromatic nitrogens is 5. The number of aliphatic hydroxyl groups is 1. The van der Waals surface area contributed by atoms with E-state index >= 15 is 0 Å². The van der Waals surface area contributed by atoms with Gasteiger partial charge in [0, 0.05) is 30.2 Å². The molecule has 4 aromatic heterocycles. The first-order valence-corrected chi connectivity index (χ1v) is 12.0. The van der Waals surface area contributed by atoms with Gasteiger partial charge in [-0.2, -0.15) is 13.2 Å². The Labute approximate surface area is 229 Å². The molecule has 0 aromatic carbocycles. The standard InChI is InChI=1S/C26H21ClF5N5O3/c1-12-10-34-17(16-5-6-33-24(36-16)25(3,4)39)9-18(12)37-13(2)7-19(20(27)23(37)38)40-22(26(30,31)32)21-15(29)8-14(28)11-35-21/h5-11,22,39H,1-4H3. The number of pyridine rings is 3. The maximum absolute atomic E-state index is 14.2. The van der Waals surface area contributed by atoms with E-state index in [0.29, 0.717) is 28.8 Å². The zero-order valence-electron chi connectivity index (χ0n) is 21.4. The van der Waals surface area contributed by atoms with Gasteiger partial charge < -0.3 is 9.84 Å². The molecule has 1 unspecified atom stereocenters. The summed E-state index contributed by atoms with van der Waals surface area (Å²) in [4.78, 5) is 29.2. The monoisotopic (exact) mass is 581 g/mol. The summed E-state index contributed by atoms with van der Waals surface area (Å²) in [5.41, 5.74) is -1.90. The Hall–Kier alpha value is -3.97. The number of hydrogen-bond donors (Lipinski definition) is 1.